The highest BCUT2D eigenvalue weighted by Gasteiger charge is 2.28. The zero-order valence-electron chi connectivity index (χ0n) is 10.3. The predicted molar refractivity (Wildman–Crippen MR) is 65.6 cm³/mol. The van der Waals surface area contributed by atoms with E-state index in [-0.39, 0.29) is 12.3 Å². The van der Waals surface area contributed by atoms with Gasteiger partial charge in [0, 0.05) is 5.56 Å². The van der Waals surface area contributed by atoms with Crippen molar-refractivity contribution in [2.75, 3.05) is 6.61 Å². The Bertz CT molecular complexity index is 453. The number of benzene rings is 1. The normalized spacial score (nSPS) is 12.9. The van der Waals surface area contributed by atoms with E-state index in [1.807, 2.05) is 0 Å². The molecule has 0 fully saturated rings. The molecule has 0 aliphatic rings. The van der Waals surface area contributed by atoms with E-state index in [9.17, 15) is 9.59 Å². The van der Waals surface area contributed by atoms with E-state index in [1.165, 1.54) is 6.92 Å². The van der Waals surface area contributed by atoms with Crippen LogP contribution in [0, 0.1) is 5.92 Å². The summed E-state index contributed by atoms with van der Waals surface area (Å²) in [6, 6.07) is 8.70. The highest BCUT2D eigenvalue weighted by atomic mass is 16.5. The van der Waals surface area contributed by atoms with Gasteiger partial charge in [0.1, 0.15) is 0 Å². The average Bonchev–Trinajstić information content (AvgIpc) is 2.40. The van der Waals surface area contributed by atoms with Crippen LogP contribution in [0.3, 0.4) is 0 Å². The predicted octanol–water partition coefficient (Wildman–Crippen LogP) is 1.63. The molecule has 0 amide bonds. The van der Waals surface area contributed by atoms with E-state index in [1.54, 1.807) is 37.3 Å². The van der Waals surface area contributed by atoms with Gasteiger partial charge in [-0.2, -0.15) is 0 Å². The molecule has 1 N–H and O–H groups in total. The molecule has 5 nitrogen and oxygen atoms in total. The maximum Gasteiger partial charge on any atom is 0.375 e. The second kappa shape index (κ2) is 6.54. The summed E-state index contributed by atoms with van der Waals surface area (Å²) in [6.07, 6.45) is 0. The van der Waals surface area contributed by atoms with Crippen molar-refractivity contribution in [2.45, 2.75) is 13.8 Å². The van der Waals surface area contributed by atoms with Crippen molar-refractivity contribution in [1.82, 2.24) is 0 Å². The molecule has 96 valence electrons. The Morgan fingerprint density at radius 2 is 1.94 bits per heavy atom. The maximum atomic E-state index is 11.7. The van der Waals surface area contributed by atoms with Crippen molar-refractivity contribution in [3.8, 4) is 0 Å². The van der Waals surface area contributed by atoms with Crippen LogP contribution in [0.2, 0.25) is 0 Å². The van der Waals surface area contributed by atoms with Crippen molar-refractivity contribution in [3.05, 3.63) is 35.9 Å². The number of carbonyl (C=O) groups is 2. The molecule has 5 heteroatoms. The van der Waals surface area contributed by atoms with Crippen LogP contribution in [0.25, 0.3) is 0 Å². The first-order valence-corrected chi connectivity index (χ1v) is 5.60. The van der Waals surface area contributed by atoms with E-state index in [0.717, 1.165) is 0 Å². The van der Waals surface area contributed by atoms with Gasteiger partial charge < -0.3 is 9.94 Å². The first-order valence-electron chi connectivity index (χ1n) is 5.60. The number of carbonyl (C=O) groups excluding carboxylic acids is 2. The van der Waals surface area contributed by atoms with Crippen molar-refractivity contribution >= 4 is 17.5 Å². The van der Waals surface area contributed by atoms with Gasteiger partial charge in [0.15, 0.2) is 0 Å². The molecule has 0 aliphatic carbocycles. The second-order valence-electron chi connectivity index (χ2n) is 3.66. The largest absolute Gasteiger partial charge is 0.460 e. The molecule has 0 bridgehead atoms. The fourth-order valence-electron chi connectivity index (χ4n) is 1.51. The number of nitrogens with zero attached hydrogens (tertiary/aromatic N) is 1. The Morgan fingerprint density at radius 3 is 2.44 bits per heavy atom. The zero-order chi connectivity index (χ0) is 13.5. The highest BCUT2D eigenvalue weighted by Crippen LogP contribution is 2.11. The maximum absolute atomic E-state index is 11.7. The molecule has 0 saturated heterocycles. The summed E-state index contributed by atoms with van der Waals surface area (Å²) in [5.41, 5.74) is 0.735. The Morgan fingerprint density at radius 1 is 1.33 bits per heavy atom. The molecule has 0 aromatic heterocycles. The third-order valence-corrected chi connectivity index (χ3v) is 2.46. The summed E-state index contributed by atoms with van der Waals surface area (Å²) < 4.78 is 4.63. The average molecular weight is 249 g/mol. The Balaban J connectivity index is 2.91. The first kappa shape index (κ1) is 13.9. The summed E-state index contributed by atoms with van der Waals surface area (Å²) >= 11 is 0. The second-order valence-corrected chi connectivity index (χ2v) is 3.66. The van der Waals surface area contributed by atoms with Crippen LogP contribution < -0.4 is 0 Å². The van der Waals surface area contributed by atoms with Crippen LogP contribution in [0.4, 0.5) is 0 Å². The van der Waals surface area contributed by atoms with E-state index >= 15 is 0 Å². The molecule has 1 aromatic carbocycles. The fraction of sp³-hybridized carbons (Fsp3) is 0.308. The Hall–Kier alpha value is -2.17. The monoisotopic (exact) mass is 249 g/mol. The summed E-state index contributed by atoms with van der Waals surface area (Å²) in [4.78, 5) is 23.1. The number of hydrogen-bond donors (Lipinski definition) is 1. The van der Waals surface area contributed by atoms with Gasteiger partial charge in [0.2, 0.25) is 5.78 Å². The van der Waals surface area contributed by atoms with Crippen LogP contribution in [-0.2, 0) is 14.3 Å². The molecule has 0 saturated carbocycles. The van der Waals surface area contributed by atoms with Gasteiger partial charge in [0.25, 0.3) is 0 Å². The fourth-order valence-corrected chi connectivity index (χ4v) is 1.51. The van der Waals surface area contributed by atoms with Crippen LogP contribution in [0.5, 0.6) is 0 Å². The van der Waals surface area contributed by atoms with Crippen LogP contribution in [-0.4, -0.2) is 29.3 Å². The smallest absolute Gasteiger partial charge is 0.375 e. The van der Waals surface area contributed by atoms with Gasteiger partial charge in [-0.3, -0.25) is 4.79 Å². The van der Waals surface area contributed by atoms with Gasteiger partial charge in [-0.25, -0.2) is 4.79 Å². The summed E-state index contributed by atoms with van der Waals surface area (Å²) in [5.74, 6) is -2.49. The standard InChI is InChI=1S/C13H15NO4/c1-3-18-13(16)12(15)9(2)11(14-17)10-7-5-4-6-8-10/h4-9,17H,3H2,1-2H3. The van der Waals surface area contributed by atoms with Crippen molar-refractivity contribution < 1.29 is 19.5 Å². The topological polar surface area (TPSA) is 76.0 Å². The number of Topliss-reactive ketones (excluding diaryl/α,β-unsaturated/α-hetero) is 1. The number of oxime groups is 1. The highest BCUT2D eigenvalue weighted by molar-refractivity contribution is 6.39. The van der Waals surface area contributed by atoms with E-state index < -0.39 is 17.7 Å². The van der Waals surface area contributed by atoms with Crippen molar-refractivity contribution in [1.29, 1.82) is 0 Å². The molecule has 1 rings (SSSR count). The van der Waals surface area contributed by atoms with Gasteiger partial charge in [0.05, 0.1) is 18.2 Å². The third-order valence-electron chi connectivity index (χ3n) is 2.46. The molecule has 18 heavy (non-hydrogen) atoms. The number of hydrogen-bond acceptors (Lipinski definition) is 5. The number of ketones is 1. The molecule has 1 aromatic rings. The Labute approximate surface area is 105 Å². The van der Waals surface area contributed by atoms with Gasteiger partial charge in [-0.15, -0.1) is 0 Å². The van der Waals surface area contributed by atoms with Gasteiger partial charge in [-0.1, -0.05) is 35.5 Å². The van der Waals surface area contributed by atoms with Gasteiger partial charge in [-0.05, 0) is 13.8 Å². The minimum atomic E-state index is -0.915. The number of rotatable bonds is 5. The first-order chi connectivity index (χ1) is 8.61. The summed E-state index contributed by atoms with van der Waals surface area (Å²) in [7, 11) is 0. The molecule has 1 atom stereocenters. The lowest BCUT2D eigenvalue weighted by atomic mass is 9.94. The molecule has 0 heterocycles. The summed E-state index contributed by atoms with van der Waals surface area (Å²) in [5, 5.41) is 12.1. The third kappa shape index (κ3) is 3.16. The van der Waals surface area contributed by atoms with Crippen LogP contribution in [0.1, 0.15) is 19.4 Å². The summed E-state index contributed by atoms with van der Waals surface area (Å²) in [6.45, 7) is 3.25. The molecule has 0 aliphatic heterocycles. The number of ether oxygens (including phenoxy) is 1. The van der Waals surface area contributed by atoms with E-state index in [2.05, 4.69) is 9.89 Å². The van der Waals surface area contributed by atoms with E-state index in [4.69, 9.17) is 5.21 Å². The molecule has 0 radical (unpaired) electrons. The lowest BCUT2D eigenvalue weighted by Crippen LogP contribution is -2.30. The zero-order valence-corrected chi connectivity index (χ0v) is 10.3. The lowest BCUT2D eigenvalue weighted by molar-refractivity contribution is -0.154. The SMILES string of the molecule is CCOC(=O)C(=O)C(C)C(=NO)c1ccccc1. The molecule has 0 spiro atoms. The molecular weight excluding hydrogens is 234 g/mol. The van der Waals surface area contributed by atoms with Crippen LogP contribution in [0.15, 0.2) is 35.5 Å². The van der Waals surface area contributed by atoms with Crippen LogP contribution >= 0.6 is 0 Å². The minimum absolute atomic E-state index is 0.133. The molecule has 1 unspecified atom stereocenters. The van der Waals surface area contributed by atoms with Crippen molar-refractivity contribution in [2.24, 2.45) is 11.1 Å². The Kier molecular flexibility index (Phi) is 5.05. The quantitative estimate of drug-likeness (QED) is 0.283. The minimum Gasteiger partial charge on any atom is -0.460 e. The molecular formula is C13H15NO4. The number of esters is 1. The van der Waals surface area contributed by atoms with Crippen molar-refractivity contribution in [3.63, 3.8) is 0 Å². The van der Waals surface area contributed by atoms with Gasteiger partial charge >= 0.3 is 5.97 Å². The van der Waals surface area contributed by atoms with E-state index in [0.29, 0.717) is 5.56 Å². The lowest BCUT2D eigenvalue weighted by Gasteiger charge is -2.11.